The van der Waals surface area contributed by atoms with Crippen LogP contribution in [-0.4, -0.2) is 37.3 Å². The molecule has 4 heteroatoms. The highest BCUT2D eigenvalue weighted by Gasteiger charge is 2.31. The molecule has 0 spiro atoms. The standard InChI is InChI=1S/C8H15NO3/c1-7(10)9(8-3-4-8)12-6-5-11-2/h8H,3-6H2,1-2H3. The first-order valence-corrected chi connectivity index (χ1v) is 4.17. The molecule has 0 bridgehead atoms. The summed E-state index contributed by atoms with van der Waals surface area (Å²) in [5, 5.41) is 1.46. The van der Waals surface area contributed by atoms with Crippen LogP contribution in [-0.2, 0) is 14.4 Å². The number of ether oxygens (including phenoxy) is 1. The van der Waals surface area contributed by atoms with Crippen LogP contribution in [0.4, 0.5) is 0 Å². The monoisotopic (exact) mass is 173 g/mol. The molecule has 0 heterocycles. The molecule has 0 aromatic heterocycles. The average Bonchev–Trinajstić information content (AvgIpc) is 2.80. The van der Waals surface area contributed by atoms with Gasteiger partial charge < -0.3 is 4.74 Å². The lowest BCUT2D eigenvalue weighted by Crippen LogP contribution is -2.32. The minimum atomic E-state index is -0.0198. The van der Waals surface area contributed by atoms with Crippen molar-refractivity contribution in [3.05, 3.63) is 0 Å². The summed E-state index contributed by atoms with van der Waals surface area (Å²) < 4.78 is 4.81. The van der Waals surface area contributed by atoms with Crippen molar-refractivity contribution in [2.24, 2.45) is 0 Å². The molecule has 0 atom stereocenters. The van der Waals surface area contributed by atoms with Crippen LogP contribution in [0.3, 0.4) is 0 Å². The minimum Gasteiger partial charge on any atom is -0.382 e. The van der Waals surface area contributed by atoms with Crippen molar-refractivity contribution in [1.82, 2.24) is 5.06 Å². The first kappa shape index (κ1) is 9.48. The maximum Gasteiger partial charge on any atom is 0.243 e. The van der Waals surface area contributed by atoms with E-state index in [0.717, 1.165) is 12.8 Å². The van der Waals surface area contributed by atoms with Crippen molar-refractivity contribution in [2.75, 3.05) is 20.3 Å². The van der Waals surface area contributed by atoms with Crippen LogP contribution in [0.2, 0.25) is 0 Å². The van der Waals surface area contributed by atoms with E-state index < -0.39 is 0 Å². The molecule has 0 radical (unpaired) electrons. The molecule has 0 aromatic rings. The maximum absolute atomic E-state index is 11.0. The van der Waals surface area contributed by atoms with E-state index in [1.165, 1.54) is 12.0 Å². The minimum absolute atomic E-state index is 0.0198. The van der Waals surface area contributed by atoms with Crippen molar-refractivity contribution < 1.29 is 14.4 Å². The molecule has 1 fully saturated rings. The molecule has 70 valence electrons. The molecule has 0 aromatic carbocycles. The van der Waals surface area contributed by atoms with Gasteiger partial charge in [0.2, 0.25) is 5.91 Å². The van der Waals surface area contributed by atoms with Gasteiger partial charge in [0.05, 0.1) is 19.3 Å². The highest BCUT2D eigenvalue weighted by atomic mass is 16.7. The molecule has 1 saturated carbocycles. The van der Waals surface area contributed by atoms with Crippen molar-refractivity contribution in [3.8, 4) is 0 Å². The SMILES string of the molecule is COCCON(C(C)=O)C1CC1. The third kappa shape index (κ3) is 2.79. The molecule has 0 aliphatic heterocycles. The first-order chi connectivity index (χ1) is 5.75. The molecule has 0 unspecified atom stereocenters. The van der Waals surface area contributed by atoms with E-state index in [-0.39, 0.29) is 5.91 Å². The van der Waals surface area contributed by atoms with Crippen LogP contribution < -0.4 is 0 Å². The zero-order chi connectivity index (χ0) is 8.97. The van der Waals surface area contributed by atoms with Gasteiger partial charge in [-0.3, -0.25) is 9.63 Å². The summed E-state index contributed by atoms with van der Waals surface area (Å²) in [5.41, 5.74) is 0. The van der Waals surface area contributed by atoms with E-state index in [0.29, 0.717) is 19.3 Å². The van der Waals surface area contributed by atoms with Crippen molar-refractivity contribution in [1.29, 1.82) is 0 Å². The Morgan fingerprint density at radius 3 is 2.58 bits per heavy atom. The summed E-state index contributed by atoms with van der Waals surface area (Å²) in [5.74, 6) is -0.0198. The van der Waals surface area contributed by atoms with Gasteiger partial charge in [-0.05, 0) is 12.8 Å². The number of hydroxylamine groups is 2. The second-order valence-electron chi connectivity index (χ2n) is 2.90. The summed E-state index contributed by atoms with van der Waals surface area (Å²) in [6, 6.07) is 0.319. The Labute approximate surface area is 72.4 Å². The van der Waals surface area contributed by atoms with E-state index >= 15 is 0 Å². The lowest BCUT2D eigenvalue weighted by molar-refractivity contribution is -0.191. The average molecular weight is 173 g/mol. The van der Waals surface area contributed by atoms with Crippen LogP contribution in [0.15, 0.2) is 0 Å². The third-order valence-electron chi connectivity index (χ3n) is 1.71. The fraction of sp³-hybridized carbons (Fsp3) is 0.875. The molecule has 12 heavy (non-hydrogen) atoms. The number of hydrogen-bond donors (Lipinski definition) is 0. The second-order valence-corrected chi connectivity index (χ2v) is 2.90. The Hall–Kier alpha value is -0.610. The fourth-order valence-corrected chi connectivity index (χ4v) is 0.981. The normalized spacial score (nSPS) is 16.2. The molecule has 1 rings (SSSR count). The summed E-state index contributed by atoms with van der Waals surface area (Å²) >= 11 is 0. The Kier molecular flexibility index (Phi) is 3.49. The summed E-state index contributed by atoms with van der Waals surface area (Å²) in [7, 11) is 1.61. The predicted octanol–water partition coefficient (Wildman–Crippen LogP) is 0.575. The van der Waals surface area contributed by atoms with Crippen LogP contribution in [0, 0.1) is 0 Å². The summed E-state index contributed by atoms with van der Waals surface area (Å²) in [6.07, 6.45) is 2.12. The van der Waals surface area contributed by atoms with Crippen molar-refractivity contribution >= 4 is 5.91 Å². The van der Waals surface area contributed by atoms with E-state index in [1.54, 1.807) is 7.11 Å². The molecule has 1 amide bonds. The van der Waals surface area contributed by atoms with E-state index in [1.807, 2.05) is 0 Å². The molecule has 1 aliphatic carbocycles. The summed E-state index contributed by atoms with van der Waals surface area (Å²) in [4.78, 5) is 16.2. The molecule has 4 nitrogen and oxygen atoms in total. The molecule has 0 N–H and O–H groups in total. The van der Waals surface area contributed by atoms with E-state index in [2.05, 4.69) is 0 Å². The second kappa shape index (κ2) is 4.42. The Bertz CT molecular complexity index is 156. The molecular weight excluding hydrogens is 158 g/mol. The molecule has 1 aliphatic rings. The number of carbonyl (C=O) groups excluding carboxylic acids is 1. The number of nitrogens with zero attached hydrogens (tertiary/aromatic N) is 1. The lowest BCUT2D eigenvalue weighted by Gasteiger charge is -2.19. The van der Waals surface area contributed by atoms with Crippen LogP contribution in [0.5, 0.6) is 0 Å². The van der Waals surface area contributed by atoms with Gasteiger partial charge in [-0.25, -0.2) is 5.06 Å². The van der Waals surface area contributed by atoms with Crippen molar-refractivity contribution in [2.45, 2.75) is 25.8 Å². The summed E-state index contributed by atoms with van der Waals surface area (Å²) in [6.45, 7) is 2.49. The molecular formula is C8H15NO3. The van der Waals surface area contributed by atoms with Gasteiger partial charge in [0.1, 0.15) is 0 Å². The van der Waals surface area contributed by atoms with Gasteiger partial charge in [0.25, 0.3) is 0 Å². The van der Waals surface area contributed by atoms with E-state index in [9.17, 15) is 4.79 Å². The highest BCUT2D eigenvalue weighted by Crippen LogP contribution is 2.26. The van der Waals surface area contributed by atoms with E-state index in [4.69, 9.17) is 9.57 Å². The fourth-order valence-electron chi connectivity index (χ4n) is 0.981. The number of methoxy groups -OCH3 is 1. The number of amides is 1. The van der Waals surface area contributed by atoms with Gasteiger partial charge in [-0.2, -0.15) is 0 Å². The van der Waals surface area contributed by atoms with Crippen LogP contribution >= 0.6 is 0 Å². The van der Waals surface area contributed by atoms with Gasteiger partial charge in [-0.1, -0.05) is 0 Å². The Morgan fingerprint density at radius 2 is 2.17 bits per heavy atom. The topological polar surface area (TPSA) is 38.8 Å². The quantitative estimate of drug-likeness (QED) is 0.451. The Balaban J connectivity index is 2.19. The van der Waals surface area contributed by atoms with Crippen molar-refractivity contribution in [3.63, 3.8) is 0 Å². The maximum atomic E-state index is 11.0. The Morgan fingerprint density at radius 1 is 1.50 bits per heavy atom. The number of rotatable bonds is 5. The van der Waals surface area contributed by atoms with Crippen LogP contribution in [0.1, 0.15) is 19.8 Å². The largest absolute Gasteiger partial charge is 0.382 e. The number of carbonyl (C=O) groups is 1. The molecule has 0 saturated heterocycles. The van der Waals surface area contributed by atoms with Gasteiger partial charge in [0.15, 0.2) is 0 Å². The third-order valence-corrected chi connectivity index (χ3v) is 1.71. The lowest BCUT2D eigenvalue weighted by atomic mass is 10.6. The zero-order valence-corrected chi connectivity index (χ0v) is 7.58. The van der Waals surface area contributed by atoms with Gasteiger partial charge in [0, 0.05) is 14.0 Å². The van der Waals surface area contributed by atoms with Gasteiger partial charge in [-0.15, -0.1) is 0 Å². The first-order valence-electron chi connectivity index (χ1n) is 4.17. The number of hydrogen-bond acceptors (Lipinski definition) is 3. The predicted molar refractivity (Wildman–Crippen MR) is 43.4 cm³/mol. The zero-order valence-electron chi connectivity index (χ0n) is 7.58. The van der Waals surface area contributed by atoms with Crippen LogP contribution in [0.25, 0.3) is 0 Å². The highest BCUT2D eigenvalue weighted by molar-refractivity contribution is 5.72. The smallest absolute Gasteiger partial charge is 0.243 e. The van der Waals surface area contributed by atoms with Gasteiger partial charge >= 0.3 is 0 Å².